The summed E-state index contributed by atoms with van der Waals surface area (Å²) in [5.41, 5.74) is 3.37. The number of hydrogen-bond acceptors (Lipinski definition) is 3. The molecular weight excluding hydrogens is 372 g/mol. The first-order valence-electron chi connectivity index (χ1n) is 8.91. The first-order chi connectivity index (χ1) is 13.4. The van der Waals surface area contributed by atoms with Crippen molar-refractivity contribution in [1.29, 1.82) is 0 Å². The van der Waals surface area contributed by atoms with Gasteiger partial charge in [-0.3, -0.25) is 4.79 Å². The van der Waals surface area contributed by atoms with Crippen LogP contribution in [0.1, 0.15) is 27.0 Å². The molecule has 3 aromatic carbocycles. The van der Waals surface area contributed by atoms with Gasteiger partial charge in [-0.15, -0.1) is 0 Å². The predicted molar refractivity (Wildman–Crippen MR) is 109 cm³/mol. The molecular formula is C22H22N2O3S. The van der Waals surface area contributed by atoms with E-state index >= 15 is 0 Å². The van der Waals surface area contributed by atoms with Crippen molar-refractivity contribution < 1.29 is 13.2 Å². The van der Waals surface area contributed by atoms with Crippen molar-refractivity contribution in [3.63, 3.8) is 0 Å². The first-order valence-corrected chi connectivity index (χ1v) is 10.4. The fraction of sp³-hybridized carbons (Fsp3) is 0.136. The van der Waals surface area contributed by atoms with Gasteiger partial charge in [-0.1, -0.05) is 60.2 Å². The number of nitrogens with one attached hydrogen (secondary N) is 2. The van der Waals surface area contributed by atoms with E-state index in [0.717, 1.165) is 16.7 Å². The van der Waals surface area contributed by atoms with Gasteiger partial charge in [0.25, 0.3) is 5.91 Å². The van der Waals surface area contributed by atoms with Gasteiger partial charge in [-0.05, 0) is 42.3 Å². The zero-order valence-electron chi connectivity index (χ0n) is 15.6. The van der Waals surface area contributed by atoms with E-state index in [1.54, 1.807) is 0 Å². The average molecular weight is 394 g/mol. The maximum absolute atomic E-state index is 12.5. The van der Waals surface area contributed by atoms with Crippen LogP contribution in [0.3, 0.4) is 0 Å². The minimum atomic E-state index is -3.65. The van der Waals surface area contributed by atoms with Gasteiger partial charge in [0.2, 0.25) is 10.0 Å². The van der Waals surface area contributed by atoms with Crippen LogP contribution < -0.4 is 10.0 Å². The summed E-state index contributed by atoms with van der Waals surface area (Å²) in [7, 11) is -3.65. The van der Waals surface area contributed by atoms with Gasteiger partial charge in [-0.25, -0.2) is 13.1 Å². The number of benzene rings is 3. The summed E-state index contributed by atoms with van der Waals surface area (Å²) >= 11 is 0. The standard InChI is InChI=1S/C22H22N2O3S/c1-17-6-5-9-19(14-17)16-24-28(26,27)21-12-10-20(11-13-21)22(25)23-15-18-7-3-2-4-8-18/h2-14,24H,15-16H2,1H3,(H,23,25). The molecule has 0 spiro atoms. The molecule has 0 heterocycles. The molecule has 0 aromatic heterocycles. The molecule has 5 nitrogen and oxygen atoms in total. The van der Waals surface area contributed by atoms with Gasteiger partial charge in [0.1, 0.15) is 0 Å². The fourth-order valence-corrected chi connectivity index (χ4v) is 3.77. The topological polar surface area (TPSA) is 75.3 Å². The molecule has 3 rings (SSSR count). The molecule has 2 N–H and O–H groups in total. The highest BCUT2D eigenvalue weighted by molar-refractivity contribution is 7.89. The molecule has 3 aromatic rings. The lowest BCUT2D eigenvalue weighted by Crippen LogP contribution is -2.24. The van der Waals surface area contributed by atoms with Gasteiger partial charge in [-0.2, -0.15) is 0 Å². The normalized spacial score (nSPS) is 11.2. The molecule has 0 atom stereocenters. The average Bonchev–Trinajstić information content (AvgIpc) is 2.71. The minimum Gasteiger partial charge on any atom is -0.348 e. The second-order valence-electron chi connectivity index (χ2n) is 6.51. The van der Waals surface area contributed by atoms with E-state index in [1.807, 2.05) is 61.5 Å². The van der Waals surface area contributed by atoms with Crippen molar-refractivity contribution in [2.24, 2.45) is 0 Å². The number of aryl methyl sites for hydroxylation is 1. The van der Waals surface area contributed by atoms with Crippen LogP contribution in [0.15, 0.2) is 83.8 Å². The third-order valence-corrected chi connectivity index (χ3v) is 5.69. The summed E-state index contributed by atoms with van der Waals surface area (Å²) in [4.78, 5) is 12.4. The van der Waals surface area contributed by atoms with Gasteiger partial charge in [0, 0.05) is 18.7 Å². The van der Waals surface area contributed by atoms with Crippen molar-refractivity contribution in [3.8, 4) is 0 Å². The van der Waals surface area contributed by atoms with Crippen LogP contribution in [0.5, 0.6) is 0 Å². The number of amides is 1. The second-order valence-corrected chi connectivity index (χ2v) is 8.27. The quantitative estimate of drug-likeness (QED) is 0.645. The van der Waals surface area contributed by atoms with Gasteiger partial charge < -0.3 is 5.32 Å². The van der Waals surface area contributed by atoms with Crippen LogP contribution in [0.4, 0.5) is 0 Å². The Morgan fingerprint density at radius 2 is 1.50 bits per heavy atom. The molecule has 144 valence electrons. The smallest absolute Gasteiger partial charge is 0.251 e. The van der Waals surface area contributed by atoms with Crippen LogP contribution in [-0.4, -0.2) is 14.3 Å². The molecule has 0 fully saturated rings. The third-order valence-electron chi connectivity index (χ3n) is 4.27. The third kappa shape index (κ3) is 5.28. The fourth-order valence-electron chi connectivity index (χ4n) is 2.75. The zero-order valence-corrected chi connectivity index (χ0v) is 16.4. The molecule has 0 saturated heterocycles. The van der Waals surface area contributed by atoms with E-state index in [2.05, 4.69) is 10.0 Å². The first kappa shape index (κ1) is 19.8. The summed E-state index contributed by atoms with van der Waals surface area (Å²) in [5.74, 6) is -0.250. The van der Waals surface area contributed by atoms with Crippen LogP contribution in [-0.2, 0) is 23.1 Å². The maximum atomic E-state index is 12.5. The summed E-state index contributed by atoms with van der Waals surface area (Å²) in [6, 6.07) is 23.1. The van der Waals surface area contributed by atoms with Crippen LogP contribution in [0.25, 0.3) is 0 Å². The van der Waals surface area contributed by atoms with Gasteiger partial charge in [0.15, 0.2) is 0 Å². The molecule has 0 aliphatic rings. The Labute approximate surface area is 165 Å². The van der Waals surface area contributed by atoms with E-state index in [4.69, 9.17) is 0 Å². The Morgan fingerprint density at radius 1 is 0.821 bits per heavy atom. The lowest BCUT2D eigenvalue weighted by atomic mass is 10.1. The Hall–Kier alpha value is -2.96. The lowest BCUT2D eigenvalue weighted by molar-refractivity contribution is 0.0951. The Morgan fingerprint density at radius 3 is 2.18 bits per heavy atom. The van der Waals surface area contributed by atoms with E-state index in [1.165, 1.54) is 24.3 Å². The second kappa shape index (κ2) is 8.82. The highest BCUT2D eigenvalue weighted by Crippen LogP contribution is 2.12. The largest absolute Gasteiger partial charge is 0.348 e. The van der Waals surface area contributed by atoms with E-state index in [0.29, 0.717) is 12.1 Å². The van der Waals surface area contributed by atoms with E-state index in [-0.39, 0.29) is 17.3 Å². The van der Waals surface area contributed by atoms with Crippen molar-refractivity contribution in [1.82, 2.24) is 10.0 Å². The van der Waals surface area contributed by atoms with Crippen molar-refractivity contribution in [2.45, 2.75) is 24.9 Å². The van der Waals surface area contributed by atoms with Crippen LogP contribution in [0.2, 0.25) is 0 Å². The highest BCUT2D eigenvalue weighted by atomic mass is 32.2. The highest BCUT2D eigenvalue weighted by Gasteiger charge is 2.15. The van der Waals surface area contributed by atoms with Gasteiger partial charge in [0.05, 0.1) is 4.90 Å². The Bertz CT molecular complexity index is 1050. The molecule has 1 amide bonds. The van der Waals surface area contributed by atoms with E-state index in [9.17, 15) is 13.2 Å². The van der Waals surface area contributed by atoms with Crippen LogP contribution >= 0.6 is 0 Å². The number of carbonyl (C=O) groups is 1. The lowest BCUT2D eigenvalue weighted by Gasteiger charge is -2.09. The van der Waals surface area contributed by atoms with E-state index < -0.39 is 10.0 Å². The molecule has 6 heteroatoms. The molecule has 28 heavy (non-hydrogen) atoms. The molecule has 0 bridgehead atoms. The summed E-state index contributed by atoms with van der Waals surface area (Å²) in [5, 5.41) is 2.82. The van der Waals surface area contributed by atoms with Crippen molar-refractivity contribution in [3.05, 3.63) is 101 Å². The zero-order chi connectivity index (χ0) is 20.0. The molecule has 0 aliphatic heterocycles. The maximum Gasteiger partial charge on any atom is 0.251 e. The minimum absolute atomic E-state index is 0.125. The molecule has 0 radical (unpaired) electrons. The number of sulfonamides is 1. The number of rotatable bonds is 7. The monoisotopic (exact) mass is 394 g/mol. The van der Waals surface area contributed by atoms with Crippen molar-refractivity contribution in [2.75, 3.05) is 0 Å². The SMILES string of the molecule is Cc1cccc(CNS(=O)(=O)c2ccc(C(=O)NCc3ccccc3)cc2)c1. The predicted octanol–water partition coefficient (Wildman–Crippen LogP) is 3.40. The Balaban J connectivity index is 1.61. The van der Waals surface area contributed by atoms with Crippen LogP contribution in [0, 0.1) is 6.92 Å². The molecule has 0 aliphatic carbocycles. The number of carbonyl (C=O) groups excluding carboxylic acids is 1. The summed E-state index contributed by atoms with van der Waals surface area (Å²) in [6.07, 6.45) is 0. The van der Waals surface area contributed by atoms with Crippen molar-refractivity contribution >= 4 is 15.9 Å². The molecule has 0 unspecified atom stereocenters. The number of hydrogen-bond donors (Lipinski definition) is 2. The Kier molecular flexibility index (Phi) is 6.23. The summed E-state index contributed by atoms with van der Waals surface area (Å²) in [6.45, 7) is 2.58. The van der Waals surface area contributed by atoms with Gasteiger partial charge >= 0.3 is 0 Å². The molecule has 0 saturated carbocycles. The summed E-state index contributed by atoms with van der Waals surface area (Å²) < 4.78 is 27.5.